The van der Waals surface area contributed by atoms with Gasteiger partial charge in [-0.25, -0.2) is 0 Å². The number of aliphatic hydroxyl groups excluding tert-OH is 2. The van der Waals surface area contributed by atoms with E-state index in [1.54, 1.807) is 24.3 Å². The summed E-state index contributed by atoms with van der Waals surface area (Å²) in [7, 11) is 0. The summed E-state index contributed by atoms with van der Waals surface area (Å²) in [6.07, 6.45) is -1.85. The number of nitrogens with two attached hydrogens (primary N) is 1. The van der Waals surface area contributed by atoms with Gasteiger partial charge in [0, 0.05) is 24.3 Å². The van der Waals surface area contributed by atoms with E-state index in [2.05, 4.69) is 5.32 Å². The smallest absolute Gasteiger partial charge is 0.251 e. The van der Waals surface area contributed by atoms with E-state index in [0.29, 0.717) is 11.3 Å². The van der Waals surface area contributed by atoms with Crippen molar-refractivity contribution < 1.29 is 19.8 Å². The van der Waals surface area contributed by atoms with E-state index >= 15 is 0 Å². The first kappa shape index (κ1) is 14.3. The van der Waals surface area contributed by atoms with Crippen LogP contribution in [0.4, 0.5) is 5.69 Å². The highest BCUT2D eigenvalue weighted by atomic mass is 16.3. The molecule has 0 bridgehead atoms. The SMILES string of the molecule is Nc1ccc(C(=O)NCC(=O)N2CC(O)C(O)C2)cc1. The van der Waals surface area contributed by atoms with E-state index in [9.17, 15) is 19.8 Å². The minimum atomic E-state index is -0.924. The Bertz CT molecular complexity index is 493. The van der Waals surface area contributed by atoms with Crippen LogP contribution in [0.3, 0.4) is 0 Å². The van der Waals surface area contributed by atoms with Gasteiger partial charge in [-0.3, -0.25) is 9.59 Å². The third-order valence-corrected chi connectivity index (χ3v) is 3.18. The first-order valence-electron chi connectivity index (χ1n) is 6.25. The topological polar surface area (TPSA) is 116 Å². The number of benzene rings is 1. The van der Waals surface area contributed by atoms with Crippen LogP contribution in [0.15, 0.2) is 24.3 Å². The molecule has 1 fully saturated rings. The molecular weight excluding hydrogens is 262 g/mol. The largest absolute Gasteiger partial charge is 0.399 e. The van der Waals surface area contributed by atoms with Crippen molar-refractivity contribution in [2.24, 2.45) is 0 Å². The molecule has 0 spiro atoms. The number of hydrogen-bond acceptors (Lipinski definition) is 5. The van der Waals surface area contributed by atoms with Crippen molar-refractivity contribution >= 4 is 17.5 Å². The Morgan fingerprint density at radius 3 is 2.30 bits per heavy atom. The molecule has 20 heavy (non-hydrogen) atoms. The molecule has 2 unspecified atom stereocenters. The van der Waals surface area contributed by atoms with Crippen molar-refractivity contribution in [3.8, 4) is 0 Å². The van der Waals surface area contributed by atoms with Crippen LogP contribution in [0.2, 0.25) is 0 Å². The predicted octanol–water partition coefficient (Wildman–Crippen LogP) is -1.44. The standard InChI is InChI=1S/C13H17N3O4/c14-9-3-1-8(2-4-9)13(20)15-5-12(19)16-6-10(17)11(18)7-16/h1-4,10-11,17-18H,5-7,14H2,(H,15,20). The molecule has 1 aliphatic heterocycles. The van der Waals surface area contributed by atoms with E-state index < -0.39 is 12.2 Å². The summed E-state index contributed by atoms with van der Waals surface area (Å²) in [6.45, 7) is -0.0157. The fourth-order valence-electron chi connectivity index (χ4n) is 1.98. The maximum absolute atomic E-state index is 11.8. The average molecular weight is 279 g/mol. The molecule has 2 atom stereocenters. The molecule has 2 rings (SSSR count). The molecule has 1 aliphatic rings. The molecule has 1 aromatic rings. The van der Waals surface area contributed by atoms with Gasteiger partial charge in [0.25, 0.3) is 5.91 Å². The summed E-state index contributed by atoms with van der Waals surface area (Å²) in [6, 6.07) is 6.34. The molecule has 7 heteroatoms. The molecule has 0 aliphatic carbocycles. The van der Waals surface area contributed by atoms with Crippen molar-refractivity contribution in [2.45, 2.75) is 12.2 Å². The molecule has 1 aromatic carbocycles. The van der Waals surface area contributed by atoms with Gasteiger partial charge >= 0.3 is 0 Å². The quantitative estimate of drug-likeness (QED) is 0.506. The summed E-state index contributed by atoms with van der Waals surface area (Å²) in [5.41, 5.74) is 6.48. The Balaban J connectivity index is 1.84. The van der Waals surface area contributed by atoms with E-state index in [0.717, 1.165) is 0 Å². The van der Waals surface area contributed by atoms with E-state index in [4.69, 9.17) is 5.73 Å². The number of amides is 2. The molecule has 7 nitrogen and oxygen atoms in total. The van der Waals surface area contributed by atoms with Crippen LogP contribution in [-0.2, 0) is 4.79 Å². The second-order valence-electron chi connectivity index (χ2n) is 4.74. The molecule has 5 N–H and O–H groups in total. The molecule has 0 aromatic heterocycles. The first-order valence-corrected chi connectivity index (χ1v) is 6.25. The van der Waals surface area contributed by atoms with Crippen molar-refractivity contribution in [1.29, 1.82) is 0 Å². The summed E-state index contributed by atoms with van der Waals surface area (Å²) in [4.78, 5) is 24.9. The van der Waals surface area contributed by atoms with Gasteiger partial charge in [0.2, 0.25) is 5.91 Å². The minimum Gasteiger partial charge on any atom is -0.399 e. The maximum Gasteiger partial charge on any atom is 0.251 e. The number of rotatable bonds is 3. The second-order valence-corrected chi connectivity index (χ2v) is 4.74. The summed E-state index contributed by atoms with van der Waals surface area (Å²) in [5.74, 6) is -0.719. The zero-order valence-electron chi connectivity index (χ0n) is 10.8. The van der Waals surface area contributed by atoms with Crippen LogP contribution in [0.25, 0.3) is 0 Å². The molecule has 0 saturated carbocycles. The number of nitrogen functional groups attached to an aromatic ring is 1. The highest BCUT2D eigenvalue weighted by Crippen LogP contribution is 2.10. The Hall–Kier alpha value is -2.12. The number of nitrogens with one attached hydrogen (secondary N) is 1. The Morgan fingerprint density at radius 1 is 1.20 bits per heavy atom. The van der Waals surface area contributed by atoms with Crippen molar-refractivity contribution in [1.82, 2.24) is 10.2 Å². The molecule has 2 amide bonds. The molecular formula is C13H17N3O4. The first-order chi connectivity index (χ1) is 9.47. The van der Waals surface area contributed by atoms with Gasteiger partial charge in [-0.05, 0) is 24.3 Å². The van der Waals surface area contributed by atoms with E-state index in [-0.39, 0.29) is 31.4 Å². The highest BCUT2D eigenvalue weighted by molar-refractivity contribution is 5.96. The number of anilines is 1. The van der Waals surface area contributed by atoms with E-state index in [1.807, 2.05) is 0 Å². The van der Waals surface area contributed by atoms with Gasteiger partial charge < -0.3 is 26.2 Å². The van der Waals surface area contributed by atoms with Crippen LogP contribution in [0.5, 0.6) is 0 Å². The summed E-state index contributed by atoms with van der Waals surface area (Å²) >= 11 is 0. The zero-order chi connectivity index (χ0) is 14.7. The number of carbonyl (C=O) groups excluding carboxylic acids is 2. The van der Waals surface area contributed by atoms with Crippen molar-refractivity contribution in [3.05, 3.63) is 29.8 Å². The van der Waals surface area contributed by atoms with E-state index in [1.165, 1.54) is 4.90 Å². The minimum absolute atomic E-state index is 0.0811. The second kappa shape index (κ2) is 5.89. The maximum atomic E-state index is 11.8. The lowest BCUT2D eigenvalue weighted by molar-refractivity contribution is -0.129. The fourth-order valence-corrected chi connectivity index (χ4v) is 1.98. The Kier molecular flexibility index (Phi) is 4.21. The van der Waals surface area contributed by atoms with Crippen LogP contribution in [0.1, 0.15) is 10.4 Å². The number of nitrogens with zero attached hydrogens (tertiary/aromatic N) is 1. The van der Waals surface area contributed by atoms with Gasteiger partial charge in [-0.2, -0.15) is 0 Å². The number of likely N-dealkylation sites (tertiary alicyclic amines) is 1. The average Bonchev–Trinajstić information content (AvgIpc) is 2.76. The van der Waals surface area contributed by atoms with Crippen LogP contribution in [-0.4, -0.2) is 58.8 Å². The molecule has 1 saturated heterocycles. The van der Waals surface area contributed by atoms with Crippen LogP contribution < -0.4 is 11.1 Å². The molecule has 1 heterocycles. The Labute approximate surface area is 116 Å². The van der Waals surface area contributed by atoms with Crippen molar-refractivity contribution in [2.75, 3.05) is 25.4 Å². The van der Waals surface area contributed by atoms with Gasteiger partial charge in [0.15, 0.2) is 0 Å². The van der Waals surface area contributed by atoms with Crippen LogP contribution >= 0.6 is 0 Å². The molecule has 108 valence electrons. The number of β-amino-alcohol motifs (C(OH)–C–C–N with tert-alkyl or cyclic N) is 2. The zero-order valence-corrected chi connectivity index (χ0v) is 10.8. The predicted molar refractivity (Wildman–Crippen MR) is 71.8 cm³/mol. The monoisotopic (exact) mass is 279 g/mol. The summed E-state index contributed by atoms with van der Waals surface area (Å²) < 4.78 is 0. The lowest BCUT2D eigenvalue weighted by atomic mass is 10.2. The lowest BCUT2D eigenvalue weighted by Crippen LogP contribution is -2.39. The summed E-state index contributed by atoms with van der Waals surface area (Å²) in [5, 5.41) is 21.2. The van der Waals surface area contributed by atoms with Crippen LogP contribution in [0, 0.1) is 0 Å². The van der Waals surface area contributed by atoms with Gasteiger partial charge in [-0.1, -0.05) is 0 Å². The third kappa shape index (κ3) is 3.25. The number of carbonyl (C=O) groups is 2. The highest BCUT2D eigenvalue weighted by Gasteiger charge is 2.32. The normalized spacial score (nSPS) is 21.8. The van der Waals surface area contributed by atoms with Gasteiger partial charge in [0.1, 0.15) is 0 Å². The fraction of sp³-hybridized carbons (Fsp3) is 0.385. The van der Waals surface area contributed by atoms with Gasteiger partial charge in [-0.15, -0.1) is 0 Å². The molecule has 0 radical (unpaired) electrons. The Morgan fingerprint density at radius 2 is 1.75 bits per heavy atom. The third-order valence-electron chi connectivity index (χ3n) is 3.18. The number of hydrogen-bond donors (Lipinski definition) is 4. The van der Waals surface area contributed by atoms with Crippen molar-refractivity contribution in [3.63, 3.8) is 0 Å². The number of aliphatic hydroxyl groups is 2. The van der Waals surface area contributed by atoms with Gasteiger partial charge in [0.05, 0.1) is 18.8 Å². The lowest BCUT2D eigenvalue weighted by Gasteiger charge is -2.15.